The van der Waals surface area contributed by atoms with Crippen LogP contribution in [0.1, 0.15) is 59.2 Å². The minimum Gasteiger partial charge on any atom is -0.397 e. The standard InChI is InChI=1S/C21H14F3N5O3.2C21H18F3N5O/c22-13-1-2-15(16(24)7-13)17-3-4-19(29(31)32)18(27-17)8-20(30)28-6-5-12(11-28)21-25-9-14(23)10-26-21;2*22-13-1-2-15(16(24)7-13)18-4-3-17(25)19(28-18)8-20(30)29-6-5-12(11-29)21-26-9-14(23)10-27-21/h1-5,7,9-10H,6,8,11H2;2*1-4,7,9-10,12H,5-6,8,11,25H2. The average Bonchev–Trinajstić information content (AvgIpc) is 1.36. The molecule has 4 N–H and O–H groups in total. The van der Waals surface area contributed by atoms with Crippen LogP contribution in [0.15, 0.2) is 134 Å². The Bertz CT molecular complexity index is 4120. The number of carbonyl (C=O) groups excluding carboxylic acids is 3. The summed E-state index contributed by atoms with van der Waals surface area (Å²) in [7, 11) is 0. The number of rotatable bonds is 13. The van der Waals surface area contributed by atoms with Crippen molar-refractivity contribution in [3.8, 4) is 33.8 Å². The number of nitrogen functional groups attached to an aromatic ring is 2. The van der Waals surface area contributed by atoms with Gasteiger partial charge in [-0.25, -0.2) is 74.4 Å². The molecule has 2 saturated heterocycles. The van der Waals surface area contributed by atoms with Gasteiger partial charge in [-0.1, -0.05) is 6.08 Å². The zero-order chi connectivity index (χ0) is 65.3. The summed E-state index contributed by atoms with van der Waals surface area (Å²) in [6.45, 7) is 2.21. The fourth-order valence-electron chi connectivity index (χ4n) is 10.3. The van der Waals surface area contributed by atoms with Crippen molar-refractivity contribution in [3.63, 3.8) is 0 Å². The summed E-state index contributed by atoms with van der Waals surface area (Å²) >= 11 is 0. The third kappa shape index (κ3) is 15.5. The van der Waals surface area contributed by atoms with Gasteiger partial charge in [0.15, 0.2) is 23.3 Å². The van der Waals surface area contributed by atoms with Crippen LogP contribution >= 0.6 is 0 Å². The first kappa shape index (κ1) is 63.9. The number of aromatic nitrogens is 9. The Morgan fingerprint density at radius 2 is 0.848 bits per heavy atom. The summed E-state index contributed by atoms with van der Waals surface area (Å²) < 4.78 is 121. The average molecular weight is 1270 g/mol. The molecule has 0 saturated carbocycles. The number of benzene rings is 3. The number of nitro groups is 1. The Hall–Kier alpha value is -11.1. The minimum atomic E-state index is -0.878. The van der Waals surface area contributed by atoms with E-state index in [-0.39, 0.29) is 101 Å². The van der Waals surface area contributed by atoms with Gasteiger partial charge in [0.1, 0.15) is 52.2 Å². The summed E-state index contributed by atoms with van der Waals surface area (Å²) in [5, 5.41) is 11.4. The number of amides is 3. The van der Waals surface area contributed by atoms with Gasteiger partial charge in [0.05, 0.1) is 101 Å². The Balaban J connectivity index is 0.000000151. The van der Waals surface area contributed by atoms with E-state index < -0.39 is 69.6 Å². The van der Waals surface area contributed by atoms with Gasteiger partial charge in [0, 0.05) is 97.6 Å². The van der Waals surface area contributed by atoms with Crippen LogP contribution < -0.4 is 11.5 Å². The van der Waals surface area contributed by atoms with Gasteiger partial charge in [-0.05, 0) is 79.6 Å². The molecule has 2 atom stereocenters. The second-order valence-electron chi connectivity index (χ2n) is 21.2. The highest BCUT2D eigenvalue weighted by Crippen LogP contribution is 2.32. The first-order chi connectivity index (χ1) is 44.1. The molecule has 29 heteroatoms. The summed E-state index contributed by atoms with van der Waals surface area (Å²) in [5.74, 6) is -5.80. The largest absolute Gasteiger partial charge is 0.397 e. The van der Waals surface area contributed by atoms with Crippen molar-refractivity contribution >= 4 is 40.4 Å². The number of hydrogen-bond donors (Lipinski definition) is 2. The molecule has 9 aromatic rings. The molecule has 0 spiro atoms. The Morgan fingerprint density at radius 1 is 0.478 bits per heavy atom. The van der Waals surface area contributed by atoms with Crippen LogP contribution in [0.3, 0.4) is 0 Å². The maximum atomic E-state index is 14.1. The van der Waals surface area contributed by atoms with Gasteiger partial charge in [-0.15, -0.1) is 0 Å². The van der Waals surface area contributed by atoms with Crippen molar-refractivity contribution in [1.29, 1.82) is 0 Å². The second-order valence-corrected chi connectivity index (χ2v) is 21.2. The first-order valence-corrected chi connectivity index (χ1v) is 28.1. The van der Waals surface area contributed by atoms with Crippen LogP contribution in [0.4, 0.5) is 56.6 Å². The molecule has 9 heterocycles. The number of hydrogen-bond acceptors (Lipinski definition) is 16. The van der Waals surface area contributed by atoms with Crippen LogP contribution in [-0.2, 0) is 33.6 Å². The molecule has 2 unspecified atom stereocenters. The molecule has 0 radical (unpaired) electrons. The van der Waals surface area contributed by atoms with Crippen LogP contribution in [0.5, 0.6) is 0 Å². The lowest BCUT2D eigenvalue weighted by Gasteiger charge is -2.17. The van der Waals surface area contributed by atoms with E-state index in [0.717, 1.165) is 73.6 Å². The highest BCUT2D eigenvalue weighted by Gasteiger charge is 2.32. The van der Waals surface area contributed by atoms with Gasteiger partial charge >= 0.3 is 0 Å². The van der Waals surface area contributed by atoms with Crippen molar-refractivity contribution in [2.75, 3.05) is 50.7 Å². The van der Waals surface area contributed by atoms with E-state index in [1.54, 1.807) is 28.0 Å². The van der Waals surface area contributed by atoms with Gasteiger partial charge in [-0.2, -0.15) is 0 Å². The van der Waals surface area contributed by atoms with Gasteiger partial charge in [-0.3, -0.25) is 34.5 Å². The summed E-state index contributed by atoms with van der Waals surface area (Å²) in [4.78, 5) is 90.3. The number of carbonyl (C=O) groups is 3. The third-order valence-corrected chi connectivity index (χ3v) is 15.0. The maximum Gasteiger partial charge on any atom is 0.291 e. The number of halogens is 9. The minimum absolute atomic E-state index is 0.0378. The first-order valence-electron chi connectivity index (χ1n) is 28.1. The highest BCUT2D eigenvalue weighted by molar-refractivity contribution is 5.84. The van der Waals surface area contributed by atoms with Crippen LogP contribution in [0.2, 0.25) is 0 Å². The molecule has 12 rings (SSSR count). The van der Waals surface area contributed by atoms with Crippen molar-refractivity contribution in [1.82, 2.24) is 59.6 Å². The van der Waals surface area contributed by atoms with E-state index in [0.29, 0.717) is 85.1 Å². The number of pyridine rings is 3. The van der Waals surface area contributed by atoms with E-state index in [1.165, 1.54) is 41.3 Å². The molecule has 3 aliphatic rings. The monoisotopic (exact) mass is 1270 g/mol. The molecule has 3 amide bonds. The van der Waals surface area contributed by atoms with Crippen LogP contribution in [0, 0.1) is 62.5 Å². The lowest BCUT2D eigenvalue weighted by atomic mass is 10.1. The number of likely N-dealkylation sites (tertiary alicyclic amines) is 2. The fourth-order valence-corrected chi connectivity index (χ4v) is 10.3. The Kier molecular flexibility index (Phi) is 19.5. The highest BCUT2D eigenvalue weighted by atomic mass is 19.2. The summed E-state index contributed by atoms with van der Waals surface area (Å²) in [6.07, 6.45) is 8.99. The topological polar surface area (TPSA) is 272 Å². The van der Waals surface area contributed by atoms with Crippen LogP contribution in [-0.4, -0.2) is 121 Å². The van der Waals surface area contributed by atoms with E-state index in [9.17, 15) is 64.0 Å². The Labute approximate surface area is 516 Å². The normalized spacial score (nSPS) is 15.1. The van der Waals surface area contributed by atoms with E-state index in [4.69, 9.17) is 11.5 Å². The molecule has 20 nitrogen and oxygen atoms in total. The molecule has 470 valence electrons. The van der Waals surface area contributed by atoms with Gasteiger partial charge in [0.25, 0.3) is 5.69 Å². The van der Waals surface area contributed by atoms with E-state index in [1.807, 2.05) is 0 Å². The Morgan fingerprint density at radius 3 is 1.25 bits per heavy atom. The van der Waals surface area contributed by atoms with Crippen molar-refractivity contribution in [2.24, 2.45) is 0 Å². The quantitative estimate of drug-likeness (QED) is 0.0618. The van der Waals surface area contributed by atoms with Crippen LogP contribution in [0.25, 0.3) is 39.3 Å². The third-order valence-electron chi connectivity index (χ3n) is 15.0. The molecule has 3 aliphatic heterocycles. The second kappa shape index (κ2) is 28.1. The lowest BCUT2D eigenvalue weighted by Crippen LogP contribution is -2.30. The summed E-state index contributed by atoms with van der Waals surface area (Å²) in [6, 6.07) is 17.8. The zero-order valence-electron chi connectivity index (χ0n) is 48.0. The van der Waals surface area contributed by atoms with E-state index >= 15 is 0 Å². The number of nitrogens with zero attached hydrogens (tertiary/aromatic N) is 13. The maximum absolute atomic E-state index is 14.1. The predicted molar refractivity (Wildman–Crippen MR) is 314 cm³/mol. The van der Waals surface area contributed by atoms with Gasteiger partial charge in [0.2, 0.25) is 17.7 Å². The molecular weight excluding hydrogens is 1220 g/mol. The molecule has 3 aromatic carbocycles. The molecule has 0 aliphatic carbocycles. The molecule has 2 fully saturated rings. The zero-order valence-corrected chi connectivity index (χ0v) is 48.0. The molecule has 92 heavy (non-hydrogen) atoms. The molecule has 0 bridgehead atoms. The SMILES string of the molecule is Nc1ccc(-c2ccc(F)cc2F)nc1CC(=O)N1CCC(c2ncc(F)cn2)C1.Nc1ccc(-c2ccc(F)cc2F)nc1CC(=O)N1CCC(c2ncc(F)cn2)C1.O=C(Cc1nc(-c2ccc(F)cc2F)ccc1[N+](=O)[O-])N1CC=C(c2ncc(F)cn2)C1. The van der Waals surface area contributed by atoms with E-state index in [2.05, 4.69) is 44.9 Å². The number of nitrogens with two attached hydrogens (primary N) is 2. The van der Waals surface area contributed by atoms with Crippen molar-refractivity contribution in [3.05, 3.63) is 231 Å². The van der Waals surface area contributed by atoms with Gasteiger partial charge < -0.3 is 26.2 Å². The molecular formula is C63H50F9N15O5. The predicted octanol–water partition coefficient (Wildman–Crippen LogP) is 9.53. The van der Waals surface area contributed by atoms with Crippen molar-refractivity contribution < 1.29 is 58.8 Å². The fraction of sp³-hybridized carbons (Fsp3) is 0.206. The smallest absolute Gasteiger partial charge is 0.291 e. The van der Waals surface area contributed by atoms with Crippen molar-refractivity contribution in [2.45, 2.75) is 43.9 Å². The summed E-state index contributed by atoms with van der Waals surface area (Å²) in [5.41, 5.74) is 14.1. The lowest BCUT2D eigenvalue weighted by molar-refractivity contribution is -0.385. The molecule has 6 aromatic heterocycles. The number of anilines is 2.